The van der Waals surface area contributed by atoms with Crippen molar-refractivity contribution in [1.29, 1.82) is 0 Å². The summed E-state index contributed by atoms with van der Waals surface area (Å²) in [6.45, 7) is 2.18. The minimum atomic E-state index is -0.153. The van der Waals surface area contributed by atoms with E-state index in [1.165, 1.54) is 31.4 Å². The Morgan fingerprint density at radius 1 is 1.10 bits per heavy atom. The lowest BCUT2D eigenvalue weighted by atomic mass is 10.1. The summed E-state index contributed by atoms with van der Waals surface area (Å²) in [5.41, 5.74) is 0.744. The molecule has 0 atom stereocenters. The van der Waals surface area contributed by atoms with E-state index in [1.807, 2.05) is 0 Å². The predicted molar refractivity (Wildman–Crippen MR) is 80.8 cm³/mol. The smallest absolute Gasteiger partial charge is 0.250 e. The molecule has 112 valence electrons. The maximum atomic E-state index is 9.41. The molecule has 0 radical (unpaired) electrons. The molecule has 0 aliphatic carbocycles. The van der Waals surface area contributed by atoms with Gasteiger partial charge in [0.15, 0.2) is 17.3 Å². The summed E-state index contributed by atoms with van der Waals surface area (Å²) in [4.78, 5) is 4.29. The monoisotopic (exact) mass is 288 g/mol. The van der Waals surface area contributed by atoms with E-state index in [9.17, 15) is 10.2 Å². The third-order valence-corrected chi connectivity index (χ3v) is 3.16. The average molecular weight is 288 g/mol. The van der Waals surface area contributed by atoms with Gasteiger partial charge in [0.1, 0.15) is 0 Å². The molecule has 1 heterocycles. The fourth-order valence-corrected chi connectivity index (χ4v) is 1.96. The minimum Gasteiger partial charge on any atom is -0.504 e. The van der Waals surface area contributed by atoms with Crippen LogP contribution >= 0.6 is 0 Å². The van der Waals surface area contributed by atoms with Crippen molar-refractivity contribution in [3.8, 4) is 11.5 Å². The lowest BCUT2D eigenvalue weighted by Crippen LogP contribution is -1.88. The highest BCUT2D eigenvalue weighted by Crippen LogP contribution is 2.25. The van der Waals surface area contributed by atoms with Gasteiger partial charge in [-0.05, 0) is 30.2 Å². The van der Waals surface area contributed by atoms with E-state index in [4.69, 9.17) is 4.52 Å². The molecule has 0 spiro atoms. The van der Waals surface area contributed by atoms with Gasteiger partial charge in [0.2, 0.25) is 0 Å². The lowest BCUT2D eigenvalue weighted by Gasteiger charge is -1.97. The Balaban J connectivity index is 1.92. The standard InChI is InChI=1S/C16H20N2O3/c1-2-3-4-5-6-15-17-16(21-18-15)10-8-12-7-9-13(19)14(20)11-12/h7-11,19-20H,2-6H2,1H3. The predicted octanol–water partition coefficient (Wildman–Crippen LogP) is 3.77. The van der Waals surface area contributed by atoms with Crippen molar-refractivity contribution in [2.24, 2.45) is 0 Å². The number of nitrogens with zero attached hydrogens (tertiary/aromatic N) is 2. The summed E-state index contributed by atoms with van der Waals surface area (Å²) in [7, 11) is 0. The largest absolute Gasteiger partial charge is 0.504 e. The van der Waals surface area contributed by atoms with E-state index >= 15 is 0 Å². The second kappa shape index (κ2) is 7.47. The van der Waals surface area contributed by atoms with Gasteiger partial charge in [0, 0.05) is 12.5 Å². The van der Waals surface area contributed by atoms with E-state index in [2.05, 4.69) is 17.1 Å². The number of phenolic OH excluding ortho intramolecular Hbond substituents is 2. The first kappa shape index (κ1) is 15.1. The maximum absolute atomic E-state index is 9.41. The second-order valence-corrected chi connectivity index (χ2v) is 4.94. The lowest BCUT2D eigenvalue weighted by molar-refractivity contribution is 0.402. The number of rotatable bonds is 7. The van der Waals surface area contributed by atoms with Crippen molar-refractivity contribution in [2.75, 3.05) is 0 Å². The Kier molecular flexibility index (Phi) is 5.37. The normalized spacial score (nSPS) is 11.3. The number of hydrogen-bond acceptors (Lipinski definition) is 5. The van der Waals surface area contributed by atoms with Gasteiger partial charge in [0.05, 0.1) is 0 Å². The molecule has 0 unspecified atom stereocenters. The van der Waals surface area contributed by atoms with Crippen molar-refractivity contribution < 1.29 is 14.7 Å². The second-order valence-electron chi connectivity index (χ2n) is 4.94. The van der Waals surface area contributed by atoms with Crippen LogP contribution in [0.2, 0.25) is 0 Å². The van der Waals surface area contributed by atoms with Crippen LogP contribution in [0.3, 0.4) is 0 Å². The summed E-state index contributed by atoms with van der Waals surface area (Å²) in [6.07, 6.45) is 8.96. The zero-order valence-corrected chi connectivity index (χ0v) is 12.1. The van der Waals surface area contributed by atoms with Crippen LogP contribution in [0, 0.1) is 0 Å². The molecule has 0 bridgehead atoms. The number of aromatic hydroxyl groups is 2. The fraction of sp³-hybridized carbons (Fsp3) is 0.375. The van der Waals surface area contributed by atoms with Crippen LogP contribution in [0.4, 0.5) is 0 Å². The molecule has 5 nitrogen and oxygen atoms in total. The van der Waals surface area contributed by atoms with Gasteiger partial charge >= 0.3 is 0 Å². The van der Waals surface area contributed by atoms with Gasteiger partial charge in [-0.2, -0.15) is 4.98 Å². The van der Waals surface area contributed by atoms with E-state index in [0.29, 0.717) is 5.89 Å². The third-order valence-electron chi connectivity index (χ3n) is 3.16. The quantitative estimate of drug-likeness (QED) is 0.599. The number of aromatic nitrogens is 2. The van der Waals surface area contributed by atoms with Crippen LogP contribution in [-0.4, -0.2) is 20.4 Å². The van der Waals surface area contributed by atoms with Crippen LogP contribution in [0.5, 0.6) is 11.5 Å². The number of unbranched alkanes of at least 4 members (excludes halogenated alkanes) is 3. The summed E-state index contributed by atoms with van der Waals surface area (Å²) in [5, 5.41) is 22.6. The fourth-order valence-electron chi connectivity index (χ4n) is 1.96. The highest BCUT2D eigenvalue weighted by molar-refractivity contribution is 5.67. The Bertz CT molecular complexity index is 605. The van der Waals surface area contributed by atoms with Crippen LogP contribution in [0.15, 0.2) is 22.7 Å². The van der Waals surface area contributed by atoms with Gasteiger partial charge in [0.25, 0.3) is 5.89 Å². The molecule has 1 aromatic carbocycles. The van der Waals surface area contributed by atoms with Gasteiger partial charge in [-0.25, -0.2) is 0 Å². The Hall–Kier alpha value is -2.30. The SMILES string of the molecule is CCCCCCc1noc(C=Cc2ccc(O)c(O)c2)n1. The molecule has 0 amide bonds. The molecule has 1 aromatic heterocycles. The molecule has 0 saturated heterocycles. The van der Waals surface area contributed by atoms with Gasteiger partial charge < -0.3 is 14.7 Å². The molecule has 21 heavy (non-hydrogen) atoms. The van der Waals surface area contributed by atoms with Crippen LogP contribution in [0.1, 0.15) is 49.9 Å². The zero-order chi connectivity index (χ0) is 15.1. The molecule has 2 aromatic rings. The topological polar surface area (TPSA) is 79.4 Å². The number of aryl methyl sites for hydroxylation is 1. The minimum absolute atomic E-state index is 0.140. The van der Waals surface area contributed by atoms with Gasteiger partial charge in [-0.1, -0.05) is 37.4 Å². The van der Waals surface area contributed by atoms with Crippen LogP contribution < -0.4 is 0 Å². The van der Waals surface area contributed by atoms with Crippen molar-refractivity contribution in [1.82, 2.24) is 10.1 Å². The van der Waals surface area contributed by atoms with Crippen molar-refractivity contribution in [3.05, 3.63) is 35.5 Å². The first-order valence-corrected chi connectivity index (χ1v) is 7.21. The molecular formula is C16H20N2O3. The van der Waals surface area contributed by atoms with Gasteiger partial charge in [-0.15, -0.1) is 0 Å². The number of hydrogen-bond donors (Lipinski definition) is 2. The molecule has 5 heteroatoms. The first-order valence-electron chi connectivity index (χ1n) is 7.21. The highest BCUT2D eigenvalue weighted by Gasteiger charge is 2.03. The van der Waals surface area contributed by atoms with Gasteiger partial charge in [-0.3, -0.25) is 0 Å². The Morgan fingerprint density at radius 2 is 1.95 bits per heavy atom. The number of phenols is 2. The molecule has 0 fully saturated rings. The first-order chi connectivity index (χ1) is 10.2. The van der Waals surface area contributed by atoms with E-state index in [-0.39, 0.29) is 11.5 Å². The van der Waals surface area contributed by atoms with E-state index in [0.717, 1.165) is 24.2 Å². The molecular weight excluding hydrogens is 268 g/mol. The van der Waals surface area contributed by atoms with Crippen LogP contribution in [-0.2, 0) is 6.42 Å². The van der Waals surface area contributed by atoms with E-state index < -0.39 is 0 Å². The van der Waals surface area contributed by atoms with Crippen molar-refractivity contribution >= 4 is 12.2 Å². The van der Waals surface area contributed by atoms with Crippen molar-refractivity contribution in [3.63, 3.8) is 0 Å². The third kappa shape index (κ3) is 4.63. The summed E-state index contributed by atoms with van der Waals surface area (Å²) < 4.78 is 5.14. The summed E-state index contributed by atoms with van der Waals surface area (Å²) >= 11 is 0. The summed E-state index contributed by atoms with van der Waals surface area (Å²) in [6, 6.07) is 4.59. The molecule has 0 saturated carbocycles. The average Bonchev–Trinajstić information content (AvgIpc) is 2.93. The number of benzene rings is 1. The Labute approximate surface area is 123 Å². The Morgan fingerprint density at radius 3 is 2.71 bits per heavy atom. The summed E-state index contributed by atoms with van der Waals surface area (Å²) in [5.74, 6) is 0.867. The van der Waals surface area contributed by atoms with Crippen LogP contribution in [0.25, 0.3) is 12.2 Å². The van der Waals surface area contributed by atoms with E-state index in [1.54, 1.807) is 18.2 Å². The molecule has 0 aliphatic rings. The van der Waals surface area contributed by atoms with Crippen molar-refractivity contribution in [2.45, 2.75) is 39.0 Å². The molecule has 0 aliphatic heterocycles. The maximum Gasteiger partial charge on any atom is 0.250 e. The highest BCUT2D eigenvalue weighted by atomic mass is 16.5. The molecule has 2 rings (SSSR count). The zero-order valence-electron chi connectivity index (χ0n) is 12.1. The molecule has 2 N–H and O–H groups in total.